The molecule has 0 saturated heterocycles. The number of carbonyl (C=O) groups is 1. The van der Waals surface area contributed by atoms with Crippen molar-refractivity contribution in [1.82, 2.24) is 0 Å². The fraction of sp³-hybridized carbons (Fsp3) is 0.800. The maximum absolute atomic E-state index is 10.1. The van der Waals surface area contributed by atoms with Crippen molar-refractivity contribution in [3.05, 3.63) is 0 Å². The van der Waals surface area contributed by atoms with Crippen LogP contribution < -0.4 is 5.73 Å². The van der Waals surface area contributed by atoms with E-state index in [-0.39, 0.29) is 5.01 Å². The van der Waals surface area contributed by atoms with Crippen molar-refractivity contribution < 1.29 is 9.53 Å². The molecule has 0 spiro atoms. The molecule has 0 rings (SSSR count). The minimum atomic E-state index is -0.731. The molecule has 2 N–H and O–H groups in total. The molecule has 0 aliphatic carbocycles. The lowest BCUT2D eigenvalue weighted by molar-refractivity contribution is 0.144. The Labute approximate surface area is 62.7 Å². The van der Waals surface area contributed by atoms with Crippen LogP contribution in [0.25, 0.3) is 0 Å². The van der Waals surface area contributed by atoms with Crippen LogP contribution in [-0.2, 0) is 4.74 Å². The van der Waals surface area contributed by atoms with E-state index < -0.39 is 6.09 Å². The molecule has 1 unspecified atom stereocenters. The largest absolute Gasteiger partial charge is 0.435 e. The highest BCUT2D eigenvalue weighted by molar-refractivity contribution is 9.09. The summed E-state index contributed by atoms with van der Waals surface area (Å²) < 4.78 is 4.55. The van der Waals surface area contributed by atoms with Crippen LogP contribution in [0, 0.1) is 0 Å². The number of rotatable bonds is 3. The number of nitrogens with two attached hydrogens (primary N) is 1. The third-order valence-corrected chi connectivity index (χ3v) is 1.40. The zero-order chi connectivity index (χ0) is 7.28. The molecule has 54 valence electrons. The van der Waals surface area contributed by atoms with Crippen molar-refractivity contribution in [2.24, 2.45) is 5.73 Å². The van der Waals surface area contributed by atoms with Gasteiger partial charge in [-0.25, -0.2) is 4.79 Å². The molecule has 1 amide bonds. The Kier molecular flexibility index (Phi) is 4.48. The van der Waals surface area contributed by atoms with E-state index in [4.69, 9.17) is 5.73 Å². The Bertz CT molecular complexity index is 97.0. The highest BCUT2D eigenvalue weighted by atomic mass is 79.9. The normalized spacial score (nSPS) is 12.7. The van der Waals surface area contributed by atoms with Gasteiger partial charge >= 0.3 is 6.09 Å². The number of halogens is 1. The summed E-state index contributed by atoms with van der Waals surface area (Å²) in [5.41, 5.74) is 4.73. The fourth-order valence-corrected chi connectivity index (χ4v) is 1.05. The van der Waals surface area contributed by atoms with E-state index in [1.807, 2.05) is 6.92 Å². The SMILES string of the molecule is CCCC(Br)OC(N)=O. The molecule has 0 saturated carbocycles. The van der Waals surface area contributed by atoms with Crippen molar-refractivity contribution in [2.75, 3.05) is 0 Å². The van der Waals surface area contributed by atoms with Crippen LogP contribution in [0.1, 0.15) is 19.8 Å². The van der Waals surface area contributed by atoms with Gasteiger partial charge in [0.1, 0.15) is 0 Å². The van der Waals surface area contributed by atoms with E-state index in [0.717, 1.165) is 12.8 Å². The van der Waals surface area contributed by atoms with Crippen LogP contribution in [0.15, 0.2) is 0 Å². The van der Waals surface area contributed by atoms with E-state index in [1.54, 1.807) is 0 Å². The lowest BCUT2D eigenvalue weighted by Crippen LogP contribution is -2.17. The molecule has 0 fully saturated rings. The quantitative estimate of drug-likeness (QED) is 0.697. The predicted octanol–water partition coefficient (Wildman–Crippen LogP) is 1.60. The zero-order valence-corrected chi connectivity index (χ0v) is 6.85. The third kappa shape index (κ3) is 5.62. The molecule has 0 aliphatic heterocycles. The second-order valence-corrected chi connectivity index (χ2v) is 2.66. The minimum Gasteiger partial charge on any atom is -0.435 e. The summed E-state index contributed by atoms with van der Waals surface area (Å²) >= 11 is 3.12. The molecule has 0 aromatic heterocycles. The number of carbonyl (C=O) groups excluding carboxylic acids is 1. The number of alkyl halides is 1. The summed E-state index contributed by atoms with van der Waals surface area (Å²) in [4.78, 5) is 10.1. The maximum atomic E-state index is 10.1. The Hall–Kier alpha value is -0.250. The Morgan fingerprint density at radius 2 is 2.44 bits per heavy atom. The standard InChI is InChI=1S/C5H10BrNO2/c1-2-3-4(6)9-5(7)8/h4H,2-3H2,1H3,(H2,7,8). The van der Waals surface area contributed by atoms with Gasteiger partial charge in [-0.05, 0) is 22.4 Å². The first-order valence-electron chi connectivity index (χ1n) is 2.77. The Balaban J connectivity index is 3.26. The molecule has 9 heavy (non-hydrogen) atoms. The van der Waals surface area contributed by atoms with Crippen molar-refractivity contribution >= 4 is 22.0 Å². The van der Waals surface area contributed by atoms with Crippen LogP contribution >= 0.6 is 15.9 Å². The molecule has 0 aromatic rings. The first kappa shape index (κ1) is 8.75. The van der Waals surface area contributed by atoms with Gasteiger partial charge in [-0.15, -0.1) is 0 Å². The molecule has 1 atom stereocenters. The van der Waals surface area contributed by atoms with Crippen LogP contribution in [0.2, 0.25) is 0 Å². The van der Waals surface area contributed by atoms with E-state index in [1.165, 1.54) is 0 Å². The van der Waals surface area contributed by atoms with Crippen LogP contribution in [0.4, 0.5) is 4.79 Å². The maximum Gasteiger partial charge on any atom is 0.405 e. The second kappa shape index (κ2) is 4.61. The predicted molar refractivity (Wildman–Crippen MR) is 38.3 cm³/mol. The molecule has 3 nitrogen and oxygen atoms in total. The molecule has 0 aliphatic rings. The lowest BCUT2D eigenvalue weighted by atomic mass is 10.4. The summed E-state index contributed by atoms with van der Waals surface area (Å²) in [6.07, 6.45) is 1.02. The van der Waals surface area contributed by atoms with Gasteiger partial charge in [0.2, 0.25) is 0 Å². The van der Waals surface area contributed by atoms with E-state index in [9.17, 15) is 4.79 Å². The molecule has 4 heteroatoms. The third-order valence-electron chi connectivity index (χ3n) is 0.760. The Morgan fingerprint density at radius 1 is 1.89 bits per heavy atom. The van der Waals surface area contributed by atoms with Crippen LogP contribution in [-0.4, -0.2) is 11.1 Å². The highest BCUT2D eigenvalue weighted by Gasteiger charge is 2.04. The fourth-order valence-electron chi connectivity index (χ4n) is 0.412. The summed E-state index contributed by atoms with van der Waals surface area (Å²) in [6, 6.07) is 0. The minimum absolute atomic E-state index is 0.222. The van der Waals surface area contributed by atoms with Crippen molar-refractivity contribution in [1.29, 1.82) is 0 Å². The Morgan fingerprint density at radius 3 is 2.78 bits per heavy atom. The summed E-state index contributed by atoms with van der Waals surface area (Å²) in [6.45, 7) is 2.00. The topological polar surface area (TPSA) is 52.3 Å². The van der Waals surface area contributed by atoms with Crippen molar-refractivity contribution in [3.63, 3.8) is 0 Å². The van der Waals surface area contributed by atoms with E-state index in [0.29, 0.717) is 0 Å². The van der Waals surface area contributed by atoms with Gasteiger partial charge < -0.3 is 10.5 Å². The number of amides is 1. The summed E-state index contributed by atoms with van der Waals surface area (Å²) in [7, 11) is 0. The molecular formula is C5H10BrNO2. The van der Waals surface area contributed by atoms with Crippen LogP contribution in [0.3, 0.4) is 0 Å². The van der Waals surface area contributed by atoms with Gasteiger partial charge in [0.25, 0.3) is 0 Å². The lowest BCUT2D eigenvalue weighted by Gasteiger charge is -2.06. The van der Waals surface area contributed by atoms with Gasteiger partial charge in [0.15, 0.2) is 5.01 Å². The number of hydrogen-bond acceptors (Lipinski definition) is 2. The number of hydrogen-bond donors (Lipinski definition) is 1. The first-order valence-corrected chi connectivity index (χ1v) is 3.68. The van der Waals surface area contributed by atoms with Gasteiger partial charge in [-0.2, -0.15) is 0 Å². The van der Waals surface area contributed by atoms with Gasteiger partial charge in [-0.1, -0.05) is 13.3 Å². The highest BCUT2D eigenvalue weighted by Crippen LogP contribution is 2.08. The van der Waals surface area contributed by atoms with Gasteiger partial charge in [0, 0.05) is 0 Å². The number of primary amides is 1. The second-order valence-electron chi connectivity index (χ2n) is 1.64. The number of ether oxygens (including phenoxy) is 1. The first-order chi connectivity index (χ1) is 4.16. The molecule has 0 radical (unpaired) electrons. The average molecular weight is 196 g/mol. The zero-order valence-electron chi connectivity index (χ0n) is 5.26. The molecule has 0 aromatic carbocycles. The van der Waals surface area contributed by atoms with Gasteiger partial charge in [-0.3, -0.25) is 0 Å². The van der Waals surface area contributed by atoms with E-state index >= 15 is 0 Å². The average Bonchev–Trinajstić information content (AvgIpc) is 1.63. The summed E-state index contributed by atoms with van der Waals surface area (Å²) in [5.74, 6) is 0. The van der Waals surface area contributed by atoms with Crippen molar-refractivity contribution in [3.8, 4) is 0 Å². The molecule has 0 heterocycles. The monoisotopic (exact) mass is 195 g/mol. The smallest absolute Gasteiger partial charge is 0.405 e. The van der Waals surface area contributed by atoms with Crippen molar-refractivity contribution in [2.45, 2.75) is 24.8 Å². The van der Waals surface area contributed by atoms with E-state index in [2.05, 4.69) is 20.7 Å². The van der Waals surface area contributed by atoms with Gasteiger partial charge in [0.05, 0.1) is 0 Å². The molecule has 0 bridgehead atoms. The summed E-state index contributed by atoms with van der Waals surface area (Å²) in [5, 5.41) is -0.222. The molecular weight excluding hydrogens is 186 g/mol. The van der Waals surface area contributed by atoms with Crippen LogP contribution in [0.5, 0.6) is 0 Å².